The topological polar surface area (TPSA) is 42.0 Å². The second kappa shape index (κ2) is 8.35. The molecule has 1 aromatic heterocycles. The number of carbonyl (C=O) groups is 1. The largest absolute Gasteiger partial charge is 0.347 e. The van der Waals surface area contributed by atoms with Crippen molar-refractivity contribution in [1.82, 2.24) is 10.3 Å². The first kappa shape index (κ1) is 21.6. The van der Waals surface area contributed by atoms with Crippen molar-refractivity contribution in [2.75, 3.05) is 0 Å². The lowest BCUT2D eigenvalue weighted by molar-refractivity contribution is 0.0918. The van der Waals surface area contributed by atoms with Crippen LogP contribution in [0.3, 0.4) is 0 Å². The van der Waals surface area contributed by atoms with Crippen molar-refractivity contribution in [1.29, 1.82) is 0 Å². The third-order valence-electron chi connectivity index (χ3n) is 4.29. The molecule has 29 heavy (non-hydrogen) atoms. The number of halogens is 3. The van der Waals surface area contributed by atoms with E-state index in [0.29, 0.717) is 26.3 Å². The molecule has 3 nitrogen and oxygen atoms in total. The van der Waals surface area contributed by atoms with Gasteiger partial charge in [-0.05, 0) is 58.0 Å². The molecule has 1 amide bonds. The molecule has 0 aliphatic carbocycles. The Kier molecular flexibility index (Phi) is 6.23. The number of aryl methyl sites for hydroxylation is 1. The molecule has 3 rings (SSSR count). The van der Waals surface area contributed by atoms with Gasteiger partial charge in [-0.1, -0.05) is 53.0 Å². The second-order valence-corrected chi connectivity index (χ2v) is 9.13. The zero-order valence-electron chi connectivity index (χ0n) is 16.6. The lowest BCUT2D eigenvalue weighted by atomic mass is 9.96. The normalized spacial score (nSPS) is 11.4. The third kappa shape index (κ3) is 5.11. The molecular weight excluding hydrogens is 427 g/mol. The summed E-state index contributed by atoms with van der Waals surface area (Å²) >= 11 is 18.6. The minimum Gasteiger partial charge on any atom is -0.347 e. The maximum Gasteiger partial charge on any atom is 0.253 e. The Morgan fingerprint density at radius 3 is 2.10 bits per heavy atom. The van der Waals surface area contributed by atoms with Gasteiger partial charge in [0.1, 0.15) is 0 Å². The molecule has 150 valence electrons. The van der Waals surface area contributed by atoms with Crippen molar-refractivity contribution < 1.29 is 4.79 Å². The van der Waals surface area contributed by atoms with Gasteiger partial charge in [-0.15, -0.1) is 0 Å². The third-order valence-corrected chi connectivity index (χ3v) is 5.08. The number of hydrogen-bond donors (Lipinski definition) is 1. The first-order valence-electron chi connectivity index (χ1n) is 9.11. The van der Waals surface area contributed by atoms with Crippen LogP contribution < -0.4 is 5.32 Å². The number of pyridine rings is 1. The molecule has 0 saturated heterocycles. The molecule has 1 heterocycles. The first-order valence-corrected chi connectivity index (χ1v) is 10.2. The molecule has 0 bridgehead atoms. The molecule has 3 aromatic rings. The molecule has 0 unspecified atom stereocenters. The van der Waals surface area contributed by atoms with Crippen LogP contribution in [0.15, 0.2) is 48.5 Å². The SMILES string of the molecule is Cc1nc(-c2ccc(Cl)cc2)c(-c2ccc(Cl)cc2Cl)cc1C(=O)NC(C)(C)C. The standard InChI is InChI=1S/C23H21Cl3N2O/c1-13-18(22(29)28-23(2,3)4)12-19(17-10-9-16(25)11-20(17)26)21(27-13)14-5-7-15(24)8-6-14/h5-12H,1-4H3,(H,28,29). The molecule has 0 spiro atoms. The predicted molar refractivity (Wildman–Crippen MR) is 122 cm³/mol. The van der Waals surface area contributed by atoms with E-state index in [9.17, 15) is 4.79 Å². The molecule has 0 saturated carbocycles. The second-order valence-electron chi connectivity index (χ2n) is 7.85. The van der Waals surface area contributed by atoms with Gasteiger partial charge in [0.25, 0.3) is 5.91 Å². The van der Waals surface area contributed by atoms with Crippen molar-refractivity contribution in [3.05, 3.63) is 74.9 Å². The molecule has 0 fully saturated rings. The number of amides is 1. The lowest BCUT2D eigenvalue weighted by Crippen LogP contribution is -2.41. The molecule has 1 N–H and O–H groups in total. The molecule has 0 aliphatic heterocycles. The van der Waals surface area contributed by atoms with Crippen LogP contribution in [-0.4, -0.2) is 16.4 Å². The van der Waals surface area contributed by atoms with Crippen LogP contribution in [0.4, 0.5) is 0 Å². The van der Waals surface area contributed by atoms with E-state index >= 15 is 0 Å². The summed E-state index contributed by atoms with van der Waals surface area (Å²) < 4.78 is 0. The van der Waals surface area contributed by atoms with E-state index in [4.69, 9.17) is 39.8 Å². The van der Waals surface area contributed by atoms with E-state index in [0.717, 1.165) is 22.4 Å². The molecule has 0 radical (unpaired) electrons. The Hall–Kier alpha value is -2.07. The van der Waals surface area contributed by atoms with Gasteiger partial charge in [0.2, 0.25) is 0 Å². The Balaban J connectivity index is 2.24. The average molecular weight is 448 g/mol. The van der Waals surface area contributed by atoms with Crippen molar-refractivity contribution in [3.63, 3.8) is 0 Å². The van der Waals surface area contributed by atoms with Crippen LogP contribution in [-0.2, 0) is 0 Å². The van der Waals surface area contributed by atoms with Crippen molar-refractivity contribution >= 4 is 40.7 Å². The fourth-order valence-corrected chi connectivity index (χ4v) is 3.62. The fourth-order valence-electron chi connectivity index (χ4n) is 2.98. The predicted octanol–water partition coefficient (Wildman–Crippen LogP) is 7.21. The monoisotopic (exact) mass is 446 g/mol. The summed E-state index contributed by atoms with van der Waals surface area (Å²) in [6.45, 7) is 7.64. The van der Waals surface area contributed by atoms with Crippen LogP contribution in [0.2, 0.25) is 15.1 Å². The number of nitrogens with zero attached hydrogens (tertiary/aromatic N) is 1. The van der Waals surface area contributed by atoms with E-state index in [1.807, 2.05) is 52.0 Å². The summed E-state index contributed by atoms with van der Waals surface area (Å²) in [4.78, 5) is 17.6. The summed E-state index contributed by atoms with van der Waals surface area (Å²) in [5, 5.41) is 4.66. The zero-order chi connectivity index (χ0) is 21.3. The zero-order valence-corrected chi connectivity index (χ0v) is 18.9. The smallest absolute Gasteiger partial charge is 0.253 e. The van der Waals surface area contributed by atoms with Gasteiger partial charge in [0, 0.05) is 37.3 Å². The van der Waals surface area contributed by atoms with Crippen molar-refractivity contribution in [2.45, 2.75) is 33.2 Å². The maximum atomic E-state index is 12.9. The number of benzene rings is 2. The van der Waals surface area contributed by atoms with Gasteiger partial charge in [0.05, 0.1) is 17.0 Å². The van der Waals surface area contributed by atoms with Crippen molar-refractivity contribution in [2.24, 2.45) is 0 Å². The van der Waals surface area contributed by atoms with Gasteiger partial charge >= 0.3 is 0 Å². The average Bonchev–Trinajstić information content (AvgIpc) is 2.61. The Morgan fingerprint density at radius 2 is 1.52 bits per heavy atom. The maximum absolute atomic E-state index is 12.9. The van der Waals surface area contributed by atoms with Gasteiger partial charge in [0.15, 0.2) is 0 Å². The van der Waals surface area contributed by atoms with Crippen LogP contribution in [0, 0.1) is 6.92 Å². The highest BCUT2D eigenvalue weighted by atomic mass is 35.5. The Labute approximate surface area is 186 Å². The van der Waals surface area contributed by atoms with Gasteiger partial charge < -0.3 is 5.32 Å². The Morgan fingerprint density at radius 1 is 0.897 bits per heavy atom. The summed E-state index contributed by atoms with van der Waals surface area (Å²) in [6.07, 6.45) is 0. The summed E-state index contributed by atoms with van der Waals surface area (Å²) in [6, 6.07) is 14.5. The van der Waals surface area contributed by atoms with Crippen LogP contribution >= 0.6 is 34.8 Å². The summed E-state index contributed by atoms with van der Waals surface area (Å²) in [7, 11) is 0. The fraction of sp³-hybridized carbons (Fsp3) is 0.217. The van der Waals surface area contributed by atoms with E-state index in [1.54, 1.807) is 24.3 Å². The molecule has 2 aromatic carbocycles. The highest BCUT2D eigenvalue weighted by Gasteiger charge is 2.21. The van der Waals surface area contributed by atoms with Crippen LogP contribution in [0.25, 0.3) is 22.4 Å². The van der Waals surface area contributed by atoms with E-state index in [2.05, 4.69) is 5.32 Å². The first-order chi connectivity index (χ1) is 13.5. The number of hydrogen-bond acceptors (Lipinski definition) is 2. The van der Waals surface area contributed by atoms with E-state index in [-0.39, 0.29) is 11.4 Å². The van der Waals surface area contributed by atoms with E-state index in [1.165, 1.54) is 0 Å². The number of aromatic nitrogens is 1. The van der Waals surface area contributed by atoms with Crippen LogP contribution in [0.1, 0.15) is 36.8 Å². The quantitative estimate of drug-likeness (QED) is 0.461. The minimum absolute atomic E-state index is 0.184. The van der Waals surface area contributed by atoms with Gasteiger partial charge in [-0.25, -0.2) is 0 Å². The van der Waals surface area contributed by atoms with Gasteiger partial charge in [-0.3, -0.25) is 9.78 Å². The molecular formula is C23H21Cl3N2O. The summed E-state index contributed by atoms with van der Waals surface area (Å²) in [5.41, 5.74) is 3.86. The van der Waals surface area contributed by atoms with Gasteiger partial charge in [-0.2, -0.15) is 0 Å². The lowest BCUT2D eigenvalue weighted by Gasteiger charge is -2.22. The molecule has 0 aliphatic rings. The number of carbonyl (C=O) groups excluding carboxylic acids is 1. The number of nitrogens with one attached hydrogen (secondary N) is 1. The number of rotatable bonds is 3. The molecule has 0 atom stereocenters. The van der Waals surface area contributed by atoms with Crippen molar-refractivity contribution in [3.8, 4) is 22.4 Å². The minimum atomic E-state index is -0.365. The highest BCUT2D eigenvalue weighted by molar-refractivity contribution is 6.36. The molecule has 6 heteroatoms. The summed E-state index contributed by atoms with van der Waals surface area (Å²) in [5.74, 6) is -0.184. The van der Waals surface area contributed by atoms with E-state index < -0.39 is 0 Å². The highest BCUT2D eigenvalue weighted by Crippen LogP contribution is 2.37. The Bertz CT molecular complexity index is 1070. The van der Waals surface area contributed by atoms with Crippen LogP contribution in [0.5, 0.6) is 0 Å².